The van der Waals surface area contributed by atoms with Gasteiger partial charge in [-0.1, -0.05) is 20.3 Å². The molecule has 2 heterocycles. The van der Waals surface area contributed by atoms with E-state index in [0.29, 0.717) is 19.0 Å². The molecule has 1 N–H and O–H groups in total. The first-order chi connectivity index (χ1) is 7.90. The molecule has 2 saturated heterocycles. The van der Waals surface area contributed by atoms with Crippen LogP contribution in [-0.4, -0.2) is 35.3 Å². The zero-order valence-corrected chi connectivity index (χ0v) is 11.0. The number of hydrogen-bond acceptors (Lipinski definition) is 3. The van der Waals surface area contributed by atoms with E-state index >= 15 is 0 Å². The Bertz CT molecular complexity index is 338. The van der Waals surface area contributed by atoms with Crippen molar-refractivity contribution < 1.29 is 9.59 Å². The minimum atomic E-state index is -0.503. The van der Waals surface area contributed by atoms with Crippen LogP contribution in [0.4, 0.5) is 0 Å². The standard InChI is InChI=1S/C13H22N2O2/c1-9-5-4-6-10(14-9)8-15-11(16)7-13(2,3)12(15)17/h9-10,14H,4-8H2,1-3H3. The number of carbonyl (C=O) groups is 2. The molecule has 0 aromatic rings. The first-order valence-corrected chi connectivity index (χ1v) is 6.51. The molecule has 2 amide bonds. The van der Waals surface area contributed by atoms with E-state index in [0.717, 1.165) is 6.42 Å². The number of piperidine rings is 1. The normalized spacial score (nSPS) is 33.2. The van der Waals surface area contributed by atoms with Gasteiger partial charge in [0.1, 0.15) is 0 Å². The first-order valence-electron chi connectivity index (χ1n) is 6.51. The molecule has 0 saturated carbocycles. The lowest BCUT2D eigenvalue weighted by atomic mass is 9.92. The van der Waals surface area contributed by atoms with Crippen LogP contribution < -0.4 is 5.32 Å². The van der Waals surface area contributed by atoms with E-state index in [1.807, 2.05) is 13.8 Å². The number of imide groups is 1. The van der Waals surface area contributed by atoms with Gasteiger partial charge in [0.2, 0.25) is 11.8 Å². The third-order valence-electron chi connectivity index (χ3n) is 3.83. The molecular formula is C13H22N2O2. The molecule has 2 rings (SSSR count). The summed E-state index contributed by atoms with van der Waals surface area (Å²) in [7, 11) is 0. The van der Waals surface area contributed by atoms with Gasteiger partial charge in [-0.2, -0.15) is 0 Å². The van der Waals surface area contributed by atoms with E-state index in [9.17, 15) is 9.59 Å². The first kappa shape index (κ1) is 12.6. The molecule has 0 aromatic heterocycles. The van der Waals surface area contributed by atoms with Crippen molar-refractivity contribution in [2.24, 2.45) is 5.41 Å². The van der Waals surface area contributed by atoms with Gasteiger partial charge in [0.05, 0.1) is 5.41 Å². The molecule has 4 nitrogen and oxygen atoms in total. The molecule has 0 spiro atoms. The summed E-state index contributed by atoms with van der Waals surface area (Å²) in [6, 6.07) is 0.773. The highest BCUT2D eigenvalue weighted by atomic mass is 16.2. The van der Waals surface area contributed by atoms with Gasteiger partial charge < -0.3 is 5.32 Å². The molecule has 0 aliphatic carbocycles. The molecule has 2 aliphatic rings. The smallest absolute Gasteiger partial charge is 0.235 e. The second kappa shape index (κ2) is 4.41. The van der Waals surface area contributed by atoms with Crippen LogP contribution in [0.3, 0.4) is 0 Å². The van der Waals surface area contributed by atoms with Gasteiger partial charge in [-0.05, 0) is 19.8 Å². The molecule has 2 unspecified atom stereocenters. The molecule has 0 radical (unpaired) electrons. The van der Waals surface area contributed by atoms with E-state index in [1.54, 1.807) is 0 Å². The lowest BCUT2D eigenvalue weighted by molar-refractivity contribution is -0.141. The van der Waals surface area contributed by atoms with E-state index in [2.05, 4.69) is 12.2 Å². The minimum absolute atomic E-state index is 0.0115. The summed E-state index contributed by atoms with van der Waals surface area (Å²) in [5.41, 5.74) is -0.503. The Morgan fingerprint density at radius 3 is 2.59 bits per heavy atom. The van der Waals surface area contributed by atoms with Crippen molar-refractivity contribution in [2.45, 2.75) is 58.5 Å². The summed E-state index contributed by atoms with van der Waals surface area (Å²) in [5.74, 6) is -0.0254. The molecule has 0 bridgehead atoms. The van der Waals surface area contributed by atoms with Gasteiger partial charge in [0, 0.05) is 25.0 Å². The summed E-state index contributed by atoms with van der Waals surface area (Å²) < 4.78 is 0. The van der Waals surface area contributed by atoms with Crippen LogP contribution in [0.5, 0.6) is 0 Å². The molecule has 0 aromatic carbocycles. The Morgan fingerprint density at radius 1 is 1.35 bits per heavy atom. The third-order valence-corrected chi connectivity index (χ3v) is 3.83. The number of nitrogens with zero attached hydrogens (tertiary/aromatic N) is 1. The molecule has 4 heteroatoms. The van der Waals surface area contributed by atoms with Crippen LogP contribution in [0.25, 0.3) is 0 Å². The van der Waals surface area contributed by atoms with Crippen LogP contribution in [-0.2, 0) is 9.59 Å². The van der Waals surface area contributed by atoms with Gasteiger partial charge in [-0.15, -0.1) is 0 Å². The monoisotopic (exact) mass is 238 g/mol. The lowest BCUT2D eigenvalue weighted by Crippen LogP contribution is -2.49. The van der Waals surface area contributed by atoms with Crippen LogP contribution in [0, 0.1) is 5.41 Å². The summed E-state index contributed by atoms with van der Waals surface area (Å²) >= 11 is 0. The van der Waals surface area contributed by atoms with Crippen LogP contribution >= 0.6 is 0 Å². The van der Waals surface area contributed by atoms with E-state index in [-0.39, 0.29) is 17.9 Å². The van der Waals surface area contributed by atoms with Crippen molar-refractivity contribution in [3.05, 3.63) is 0 Å². The van der Waals surface area contributed by atoms with Crippen LogP contribution in [0.1, 0.15) is 46.5 Å². The zero-order chi connectivity index (χ0) is 12.6. The van der Waals surface area contributed by atoms with E-state index < -0.39 is 5.41 Å². The largest absolute Gasteiger partial charge is 0.310 e. The van der Waals surface area contributed by atoms with Crippen LogP contribution in [0.2, 0.25) is 0 Å². The second-order valence-corrected chi connectivity index (χ2v) is 6.07. The fourth-order valence-electron chi connectivity index (χ4n) is 2.82. The third kappa shape index (κ3) is 2.51. The van der Waals surface area contributed by atoms with Gasteiger partial charge in [0.25, 0.3) is 0 Å². The second-order valence-electron chi connectivity index (χ2n) is 6.07. The van der Waals surface area contributed by atoms with Crippen molar-refractivity contribution in [3.63, 3.8) is 0 Å². The molecule has 96 valence electrons. The molecule has 2 aliphatic heterocycles. The Hall–Kier alpha value is -0.900. The SMILES string of the molecule is CC1CCCC(CN2C(=O)CC(C)(C)C2=O)N1. The van der Waals surface area contributed by atoms with Gasteiger partial charge in [-0.3, -0.25) is 14.5 Å². The van der Waals surface area contributed by atoms with E-state index in [1.165, 1.54) is 17.7 Å². The predicted octanol–water partition coefficient (Wildman–Crippen LogP) is 1.30. The van der Waals surface area contributed by atoms with E-state index in [4.69, 9.17) is 0 Å². The van der Waals surface area contributed by atoms with Crippen molar-refractivity contribution in [2.75, 3.05) is 6.54 Å². The molecule has 17 heavy (non-hydrogen) atoms. The van der Waals surface area contributed by atoms with Gasteiger partial charge in [-0.25, -0.2) is 0 Å². The molecular weight excluding hydrogens is 216 g/mol. The van der Waals surface area contributed by atoms with Crippen molar-refractivity contribution in [1.29, 1.82) is 0 Å². The van der Waals surface area contributed by atoms with Crippen LogP contribution in [0.15, 0.2) is 0 Å². The maximum atomic E-state index is 12.1. The number of carbonyl (C=O) groups excluding carboxylic acids is 2. The summed E-state index contributed by atoms with van der Waals surface area (Å²) in [4.78, 5) is 25.4. The van der Waals surface area contributed by atoms with Gasteiger partial charge >= 0.3 is 0 Å². The Labute approximate surface area is 103 Å². The Kier molecular flexibility index (Phi) is 3.25. The zero-order valence-electron chi connectivity index (χ0n) is 11.0. The average molecular weight is 238 g/mol. The quantitative estimate of drug-likeness (QED) is 0.738. The Balaban J connectivity index is 1.99. The molecule has 2 atom stereocenters. The summed E-state index contributed by atoms with van der Waals surface area (Å²) in [6.07, 6.45) is 3.78. The maximum absolute atomic E-state index is 12.1. The number of amides is 2. The highest BCUT2D eigenvalue weighted by molar-refractivity contribution is 6.05. The fourth-order valence-corrected chi connectivity index (χ4v) is 2.82. The summed E-state index contributed by atoms with van der Waals surface area (Å²) in [5, 5.41) is 3.47. The topological polar surface area (TPSA) is 49.4 Å². The summed E-state index contributed by atoms with van der Waals surface area (Å²) in [6.45, 7) is 6.41. The minimum Gasteiger partial charge on any atom is -0.310 e. The number of likely N-dealkylation sites (tertiary alicyclic amines) is 1. The molecule has 2 fully saturated rings. The maximum Gasteiger partial charge on any atom is 0.235 e. The Morgan fingerprint density at radius 2 is 2.06 bits per heavy atom. The highest BCUT2D eigenvalue weighted by Crippen LogP contribution is 2.32. The van der Waals surface area contributed by atoms with Crippen molar-refractivity contribution >= 4 is 11.8 Å². The number of nitrogens with one attached hydrogen (secondary N) is 1. The number of hydrogen-bond donors (Lipinski definition) is 1. The predicted molar refractivity (Wildman–Crippen MR) is 65.4 cm³/mol. The van der Waals surface area contributed by atoms with Crippen molar-refractivity contribution in [3.8, 4) is 0 Å². The van der Waals surface area contributed by atoms with Crippen molar-refractivity contribution in [1.82, 2.24) is 10.2 Å². The lowest BCUT2D eigenvalue weighted by Gasteiger charge is -2.31. The fraction of sp³-hybridized carbons (Fsp3) is 0.846. The highest BCUT2D eigenvalue weighted by Gasteiger charge is 2.45. The number of rotatable bonds is 2. The van der Waals surface area contributed by atoms with Gasteiger partial charge in [0.15, 0.2) is 0 Å². The average Bonchev–Trinajstić information content (AvgIpc) is 2.41.